The second kappa shape index (κ2) is 9.49. The van der Waals surface area contributed by atoms with Gasteiger partial charge in [-0.05, 0) is 48.4 Å². The number of ether oxygens (including phenoxy) is 1. The average molecular weight is 487 g/mol. The van der Waals surface area contributed by atoms with Gasteiger partial charge in [-0.1, -0.05) is 37.0 Å². The Bertz CT molecular complexity index is 1240. The van der Waals surface area contributed by atoms with Crippen LogP contribution in [-0.2, 0) is 18.2 Å². The third-order valence-electron chi connectivity index (χ3n) is 6.35. The van der Waals surface area contributed by atoms with E-state index in [4.69, 9.17) is 27.9 Å². The molecular formula is C26H28Cl2N2O3. The maximum Gasteiger partial charge on any atom is 0.255 e. The van der Waals surface area contributed by atoms with E-state index in [0.29, 0.717) is 48.3 Å². The summed E-state index contributed by atoms with van der Waals surface area (Å²) in [5.74, 6) is -0.0416. The van der Waals surface area contributed by atoms with Gasteiger partial charge in [-0.25, -0.2) is 0 Å². The number of morpholine rings is 1. The molecule has 7 heteroatoms. The molecule has 33 heavy (non-hydrogen) atoms. The second-order valence-corrected chi connectivity index (χ2v) is 9.69. The van der Waals surface area contributed by atoms with Gasteiger partial charge in [0, 0.05) is 59.7 Å². The first-order chi connectivity index (χ1) is 15.7. The summed E-state index contributed by atoms with van der Waals surface area (Å²) in [4.78, 5) is 27.4. The number of halogens is 2. The van der Waals surface area contributed by atoms with Crippen molar-refractivity contribution < 1.29 is 14.3 Å². The Kier molecular flexibility index (Phi) is 6.85. The Morgan fingerprint density at radius 1 is 1.09 bits per heavy atom. The number of aromatic nitrogens is 1. The largest absolute Gasteiger partial charge is 0.378 e. The normalized spacial score (nSPS) is 14.3. The number of nitrogens with zero attached hydrogens (tertiary/aromatic N) is 2. The molecule has 1 aromatic heterocycles. The van der Waals surface area contributed by atoms with Gasteiger partial charge in [0.2, 0.25) is 0 Å². The summed E-state index contributed by atoms with van der Waals surface area (Å²) in [5, 5.41) is 1.99. The van der Waals surface area contributed by atoms with Crippen LogP contribution in [0.2, 0.25) is 10.0 Å². The number of benzene rings is 2. The number of fused-ring (bicyclic) bond motifs is 1. The molecule has 5 nitrogen and oxygen atoms in total. The topological polar surface area (TPSA) is 51.5 Å². The lowest BCUT2D eigenvalue weighted by Crippen LogP contribution is -2.40. The number of rotatable bonds is 5. The fraction of sp³-hybridized carbons (Fsp3) is 0.385. The van der Waals surface area contributed by atoms with Crippen molar-refractivity contribution in [2.45, 2.75) is 27.2 Å². The summed E-state index contributed by atoms with van der Waals surface area (Å²) in [5.41, 5.74) is 4.93. The van der Waals surface area contributed by atoms with Crippen molar-refractivity contribution in [1.82, 2.24) is 9.47 Å². The van der Waals surface area contributed by atoms with Gasteiger partial charge in [-0.2, -0.15) is 0 Å². The Morgan fingerprint density at radius 2 is 1.79 bits per heavy atom. The number of amides is 1. The van der Waals surface area contributed by atoms with E-state index in [2.05, 4.69) is 10.6 Å². The van der Waals surface area contributed by atoms with Gasteiger partial charge in [0.05, 0.1) is 23.8 Å². The molecule has 0 spiro atoms. The van der Waals surface area contributed by atoms with Crippen molar-refractivity contribution in [2.24, 2.45) is 13.0 Å². The third kappa shape index (κ3) is 4.54. The van der Waals surface area contributed by atoms with Gasteiger partial charge in [0.15, 0.2) is 5.78 Å². The van der Waals surface area contributed by atoms with Crippen LogP contribution in [0.15, 0.2) is 30.3 Å². The van der Waals surface area contributed by atoms with Crippen LogP contribution < -0.4 is 0 Å². The Balaban J connectivity index is 1.72. The van der Waals surface area contributed by atoms with Gasteiger partial charge in [-0.3, -0.25) is 9.59 Å². The fourth-order valence-electron chi connectivity index (χ4n) is 4.35. The highest BCUT2D eigenvalue weighted by Crippen LogP contribution is 2.33. The van der Waals surface area contributed by atoms with E-state index < -0.39 is 0 Å². The highest BCUT2D eigenvalue weighted by Gasteiger charge is 2.24. The molecule has 0 bridgehead atoms. The lowest BCUT2D eigenvalue weighted by atomic mass is 9.98. The average Bonchev–Trinajstić information content (AvgIpc) is 3.12. The molecule has 0 N–H and O–H groups in total. The lowest BCUT2D eigenvalue weighted by Gasteiger charge is -2.27. The molecule has 0 atom stereocenters. The van der Waals surface area contributed by atoms with E-state index in [1.807, 2.05) is 40.0 Å². The van der Waals surface area contributed by atoms with Gasteiger partial charge >= 0.3 is 0 Å². The van der Waals surface area contributed by atoms with Gasteiger partial charge in [0.1, 0.15) is 0 Å². The summed E-state index contributed by atoms with van der Waals surface area (Å²) in [6.45, 7) is 7.99. The maximum absolute atomic E-state index is 13.1. The zero-order valence-electron chi connectivity index (χ0n) is 19.4. The molecule has 1 aliphatic heterocycles. The van der Waals surface area contributed by atoms with Crippen molar-refractivity contribution in [3.63, 3.8) is 0 Å². The molecule has 1 fully saturated rings. The van der Waals surface area contributed by atoms with E-state index in [0.717, 1.165) is 33.3 Å². The highest BCUT2D eigenvalue weighted by atomic mass is 35.5. The van der Waals surface area contributed by atoms with Gasteiger partial charge in [0.25, 0.3) is 5.91 Å². The molecule has 174 valence electrons. The first kappa shape index (κ1) is 23.8. The monoisotopic (exact) mass is 486 g/mol. The number of carbonyl (C=O) groups is 2. The highest BCUT2D eigenvalue weighted by molar-refractivity contribution is 6.38. The predicted molar refractivity (Wildman–Crippen MR) is 133 cm³/mol. The Labute approximate surface area is 204 Å². The number of carbonyl (C=O) groups excluding carboxylic acids is 2. The van der Waals surface area contributed by atoms with Crippen LogP contribution in [-0.4, -0.2) is 47.5 Å². The molecule has 1 aliphatic rings. The molecule has 2 aromatic carbocycles. The zero-order valence-corrected chi connectivity index (χ0v) is 20.9. The number of ketones is 1. The number of hydrogen-bond acceptors (Lipinski definition) is 3. The van der Waals surface area contributed by atoms with Crippen LogP contribution >= 0.6 is 23.2 Å². The predicted octanol–water partition coefficient (Wildman–Crippen LogP) is 5.70. The summed E-state index contributed by atoms with van der Waals surface area (Å²) in [6.07, 6.45) is 0.472. The fourth-order valence-corrected chi connectivity index (χ4v) is 4.94. The maximum atomic E-state index is 13.1. The summed E-state index contributed by atoms with van der Waals surface area (Å²) < 4.78 is 7.43. The zero-order chi connectivity index (χ0) is 23.9. The van der Waals surface area contributed by atoms with Crippen LogP contribution in [0.3, 0.4) is 0 Å². The van der Waals surface area contributed by atoms with E-state index in [1.54, 1.807) is 17.0 Å². The molecule has 2 heterocycles. The van der Waals surface area contributed by atoms with Crippen LogP contribution in [0, 0.1) is 12.8 Å². The molecule has 1 saturated heterocycles. The number of aryl methyl sites for hydroxylation is 2. The number of Topliss-reactive ketones (excluding diaryl/α,β-unsaturated/α-hetero) is 1. The standard InChI is InChI=1S/C26H28Cl2N2O3/c1-15(2)25(31)17-11-16(3)20-13-18(29(4)23(20)12-17)14-21-22(27)6-5-19(24(21)28)26(32)30-7-9-33-10-8-30/h5-6,11-13,15H,7-10,14H2,1-4H3. The minimum Gasteiger partial charge on any atom is -0.378 e. The quantitative estimate of drug-likeness (QED) is 0.434. The Hall–Kier alpha value is -2.34. The SMILES string of the molecule is Cc1cc(C(=O)C(C)C)cc2c1cc(Cc1c(Cl)ccc(C(=O)N3CCOCC3)c1Cl)n2C. The molecule has 0 aliphatic carbocycles. The van der Waals surface area contributed by atoms with Crippen molar-refractivity contribution in [1.29, 1.82) is 0 Å². The molecule has 0 saturated carbocycles. The summed E-state index contributed by atoms with van der Waals surface area (Å²) in [6, 6.07) is 9.45. The lowest BCUT2D eigenvalue weighted by molar-refractivity contribution is 0.0303. The Morgan fingerprint density at radius 3 is 2.45 bits per heavy atom. The van der Waals surface area contributed by atoms with Crippen molar-refractivity contribution >= 4 is 45.8 Å². The van der Waals surface area contributed by atoms with Crippen molar-refractivity contribution in [2.75, 3.05) is 26.3 Å². The van der Waals surface area contributed by atoms with Crippen LogP contribution in [0.25, 0.3) is 10.9 Å². The summed E-state index contributed by atoms with van der Waals surface area (Å²) in [7, 11) is 1.98. The second-order valence-electron chi connectivity index (χ2n) is 8.91. The molecule has 0 radical (unpaired) electrons. The van der Waals surface area contributed by atoms with Crippen molar-refractivity contribution in [3.8, 4) is 0 Å². The van der Waals surface area contributed by atoms with E-state index in [1.165, 1.54) is 0 Å². The minimum absolute atomic E-state index is 0.0639. The molecule has 0 unspecified atom stereocenters. The minimum atomic E-state index is -0.106. The molecule has 3 aromatic rings. The van der Waals surface area contributed by atoms with E-state index >= 15 is 0 Å². The summed E-state index contributed by atoms with van der Waals surface area (Å²) >= 11 is 13.3. The van der Waals surface area contributed by atoms with Crippen LogP contribution in [0.4, 0.5) is 0 Å². The van der Waals surface area contributed by atoms with Crippen LogP contribution in [0.1, 0.15) is 51.4 Å². The molecule has 4 rings (SSSR count). The molecule has 1 amide bonds. The van der Waals surface area contributed by atoms with E-state index in [-0.39, 0.29) is 17.6 Å². The van der Waals surface area contributed by atoms with E-state index in [9.17, 15) is 9.59 Å². The van der Waals surface area contributed by atoms with Gasteiger partial charge < -0.3 is 14.2 Å². The molecular weight excluding hydrogens is 459 g/mol. The van der Waals surface area contributed by atoms with Crippen LogP contribution in [0.5, 0.6) is 0 Å². The smallest absolute Gasteiger partial charge is 0.255 e. The third-order valence-corrected chi connectivity index (χ3v) is 7.14. The van der Waals surface area contributed by atoms with Crippen molar-refractivity contribution in [3.05, 3.63) is 68.3 Å². The first-order valence-corrected chi connectivity index (χ1v) is 11.9. The first-order valence-electron chi connectivity index (χ1n) is 11.2. The van der Waals surface area contributed by atoms with Gasteiger partial charge in [-0.15, -0.1) is 0 Å². The number of hydrogen-bond donors (Lipinski definition) is 0.